The molecule has 2 amide bonds. The molecule has 2 aromatic rings. The van der Waals surface area contributed by atoms with Crippen LogP contribution in [0.5, 0.6) is 5.75 Å². The second-order valence-electron chi connectivity index (χ2n) is 8.53. The van der Waals surface area contributed by atoms with E-state index >= 15 is 0 Å². The molecular formula is C23H23N2NaO7S2. The Morgan fingerprint density at radius 3 is 2.46 bits per heavy atom. The third-order valence-electron chi connectivity index (χ3n) is 6.16. The number of amides is 2. The monoisotopic (exact) mass is 526 g/mol. The third-order valence-corrected chi connectivity index (χ3v) is 8.45. The van der Waals surface area contributed by atoms with Crippen LogP contribution in [-0.2, 0) is 23.9 Å². The maximum absolute atomic E-state index is 13.3. The summed E-state index contributed by atoms with van der Waals surface area (Å²) in [5, 5.41) is 17.3. The molecular weight excluding hydrogens is 503 g/mol. The van der Waals surface area contributed by atoms with Crippen LogP contribution in [-0.4, -0.2) is 57.7 Å². The first-order chi connectivity index (χ1) is 16.0. The number of carbonyl (C=O) groups excluding carboxylic acids is 4. The van der Waals surface area contributed by atoms with Crippen LogP contribution in [0.2, 0.25) is 0 Å². The van der Waals surface area contributed by atoms with Gasteiger partial charge in [0.1, 0.15) is 17.2 Å². The van der Waals surface area contributed by atoms with Gasteiger partial charge in [0.15, 0.2) is 11.6 Å². The van der Waals surface area contributed by atoms with Gasteiger partial charge < -0.3 is 24.7 Å². The fourth-order valence-electron chi connectivity index (χ4n) is 4.40. The molecule has 0 saturated carbocycles. The largest absolute Gasteiger partial charge is 1.00 e. The molecule has 0 spiro atoms. The van der Waals surface area contributed by atoms with Crippen LogP contribution in [0.25, 0.3) is 0 Å². The number of hydrogen-bond donors (Lipinski definition) is 1. The predicted octanol–water partition coefficient (Wildman–Crippen LogP) is -1.98. The van der Waals surface area contributed by atoms with Gasteiger partial charge in [-0.3, -0.25) is 19.3 Å². The number of aliphatic carboxylic acids is 1. The first kappa shape index (κ1) is 27.7. The smallest absolute Gasteiger partial charge is 0.545 e. The standard InChI is InChI=1S/C23H24N2O7S2.Na/c1-12-7-5-6-8-14(12)32-20(28)15(13-9-10-33-11-13)17(26)24-16-18(27)25-19(16)34-22(2,3)23(25,31-4)21(29)30;/h5-11,15-16,19H,1-4H3,(H,24,26)(H,29,30);/q;+1/p-1/t15?,16-,19+,23+;/m0./s1. The number of carboxylic acid groups (broad SMARTS) is 1. The van der Waals surface area contributed by atoms with Crippen molar-refractivity contribution in [1.29, 1.82) is 0 Å². The van der Waals surface area contributed by atoms with E-state index in [1.54, 1.807) is 61.9 Å². The molecule has 180 valence electrons. The summed E-state index contributed by atoms with van der Waals surface area (Å²) in [7, 11) is 1.20. The van der Waals surface area contributed by atoms with Crippen molar-refractivity contribution in [3.05, 3.63) is 52.2 Å². The van der Waals surface area contributed by atoms with Gasteiger partial charge >= 0.3 is 35.5 Å². The Balaban J connectivity index is 0.00000342. The van der Waals surface area contributed by atoms with Crippen LogP contribution in [0.1, 0.15) is 30.9 Å². The molecule has 1 aromatic carbocycles. The summed E-state index contributed by atoms with van der Waals surface area (Å²) < 4.78 is 9.76. The zero-order valence-corrected chi connectivity index (χ0v) is 23.5. The summed E-state index contributed by atoms with van der Waals surface area (Å²) >= 11 is 2.50. The quantitative estimate of drug-likeness (QED) is 0.145. The number of para-hydroxylation sites is 1. The molecule has 0 bridgehead atoms. The molecule has 12 heteroatoms. The van der Waals surface area contributed by atoms with Crippen LogP contribution in [0.15, 0.2) is 41.1 Å². The first-order valence-electron chi connectivity index (χ1n) is 10.4. The number of nitrogens with one attached hydrogen (secondary N) is 1. The van der Waals surface area contributed by atoms with E-state index in [1.807, 2.05) is 0 Å². The van der Waals surface area contributed by atoms with Gasteiger partial charge in [0.25, 0.3) is 5.91 Å². The number of hydrogen-bond acceptors (Lipinski definition) is 9. The van der Waals surface area contributed by atoms with Crippen LogP contribution >= 0.6 is 23.1 Å². The summed E-state index contributed by atoms with van der Waals surface area (Å²) in [4.78, 5) is 52.4. The summed E-state index contributed by atoms with van der Waals surface area (Å²) in [5.74, 6) is -4.63. The van der Waals surface area contributed by atoms with Gasteiger partial charge in [0, 0.05) is 7.11 Å². The number of thiophene rings is 1. The Kier molecular flexibility index (Phi) is 8.10. The second kappa shape index (κ2) is 10.2. The fourth-order valence-corrected chi connectivity index (χ4v) is 6.80. The number of aryl methyl sites for hydroxylation is 1. The molecule has 2 fully saturated rings. The number of carbonyl (C=O) groups is 4. The van der Waals surface area contributed by atoms with Gasteiger partial charge in [0.05, 0.1) is 10.7 Å². The SMILES string of the molecule is CO[C@@]1(C(=O)[O-])N2C(=O)[C@H](NC(=O)C(C(=O)Oc3ccccc3C)c3ccsc3)[C@H]2SC1(C)C.[Na+]. The molecule has 2 aliphatic rings. The van der Waals surface area contributed by atoms with Crippen LogP contribution in [0, 0.1) is 6.92 Å². The Labute approximate surface area is 232 Å². The third kappa shape index (κ3) is 4.42. The zero-order valence-electron chi connectivity index (χ0n) is 19.9. The molecule has 9 nitrogen and oxygen atoms in total. The normalized spacial score (nSPS) is 25.0. The number of rotatable bonds is 7. The number of β-lactam (4-membered cyclic amide) rings is 1. The molecule has 1 unspecified atom stereocenters. The number of benzene rings is 1. The number of carboxylic acids is 1. The summed E-state index contributed by atoms with van der Waals surface area (Å²) in [6, 6.07) is 7.54. The van der Waals surface area contributed by atoms with Crippen molar-refractivity contribution >= 4 is 46.9 Å². The van der Waals surface area contributed by atoms with E-state index in [0.717, 1.165) is 10.5 Å². The van der Waals surface area contributed by atoms with E-state index in [0.29, 0.717) is 11.3 Å². The van der Waals surface area contributed by atoms with Crippen LogP contribution < -0.4 is 44.7 Å². The number of methoxy groups -OCH3 is 1. The van der Waals surface area contributed by atoms with E-state index in [9.17, 15) is 24.3 Å². The molecule has 35 heavy (non-hydrogen) atoms. The number of ether oxygens (including phenoxy) is 2. The van der Waals surface area contributed by atoms with Gasteiger partial charge in [-0.05, 0) is 54.8 Å². The van der Waals surface area contributed by atoms with Crippen molar-refractivity contribution in [2.24, 2.45) is 0 Å². The molecule has 1 N–H and O–H groups in total. The van der Waals surface area contributed by atoms with Crippen molar-refractivity contribution in [3.8, 4) is 5.75 Å². The van der Waals surface area contributed by atoms with Crippen LogP contribution in [0.3, 0.4) is 0 Å². The molecule has 1 aromatic heterocycles. The van der Waals surface area contributed by atoms with E-state index < -0.39 is 51.6 Å². The van der Waals surface area contributed by atoms with Gasteiger partial charge in [-0.15, -0.1) is 11.8 Å². The minimum absolute atomic E-state index is 0. The summed E-state index contributed by atoms with van der Waals surface area (Å²) in [5.41, 5.74) is -0.810. The second-order valence-corrected chi connectivity index (χ2v) is 11.0. The molecule has 4 rings (SSSR count). The Hall–Kier alpha value is -1.89. The van der Waals surface area contributed by atoms with E-state index in [2.05, 4.69) is 5.32 Å². The number of esters is 1. The topological polar surface area (TPSA) is 125 Å². The van der Waals surface area contributed by atoms with E-state index in [1.165, 1.54) is 30.2 Å². The molecule has 2 saturated heterocycles. The van der Waals surface area contributed by atoms with Crippen molar-refractivity contribution in [1.82, 2.24) is 10.2 Å². The molecule has 0 aliphatic carbocycles. The summed E-state index contributed by atoms with van der Waals surface area (Å²) in [6.45, 7) is 5.05. The van der Waals surface area contributed by atoms with Crippen molar-refractivity contribution in [2.75, 3.05) is 7.11 Å². The van der Waals surface area contributed by atoms with Crippen molar-refractivity contribution in [3.63, 3.8) is 0 Å². The van der Waals surface area contributed by atoms with Crippen LogP contribution in [0.4, 0.5) is 0 Å². The maximum atomic E-state index is 13.3. The molecule has 4 atom stereocenters. The summed E-state index contributed by atoms with van der Waals surface area (Å²) in [6.07, 6.45) is 0. The van der Waals surface area contributed by atoms with Gasteiger partial charge in [-0.2, -0.15) is 11.3 Å². The van der Waals surface area contributed by atoms with Gasteiger partial charge in [-0.25, -0.2) is 0 Å². The Morgan fingerprint density at radius 1 is 1.20 bits per heavy atom. The van der Waals surface area contributed by atoms with Gasteiger partial charge in [-0.1, -0.05) is 18.2 Å². The Bertz CT molecular complexity index is 1160. The molecule has 2 aliphatic heterocycles. The van der Waals surface area contributed by atoms with E-state index in [-0.39, 0.29) is 29.6 Å². The number of nitrogens with zero attached hydrogens (tertiary/aromatic N) is 1. The van der Waals surface area contributed by atoms with E-state index in [4.69, 9.17) is 9.47 Å². The number of thioether (sulfide) groups is 1. The minimum Gasteiger partial charge on any atom is -0.545 e. The van der Waals surface area contributed by atoms with Crippen molar-refractivity contribution in [2.45, 2.75) is 48.6 Å². The maximum Gasteiger partial charge on any atom is 1.00 e. The molecule has 3 heterocycles. The predicted molar refractivity (Wildman–Crippen MR) is 123 cm³/mol. The fraction of sp³-hybridized carbons (Fsp3) is 0.391. The Morgan fingerprint density at radius 2 is 1.89 bits per heavy atom. The average molecular weight is 527 g/mol. The first-order valence-corrected chi connectivity index (χ1v) is 12.2. The average Bonchev–Trinajstić information content (AvgIpc) is 3.37. The minimum atomic E-state index is -1.98. The zero-order chi connectivity index (χ0) is 24.8. The molecule has 0 radical (unpaired) electrons. The van der Waals surface area contributed by atoms with Crippen molar-refractivity contribution < 1.29 is 63.3 Å². The van der Waals surface area contributed by atoms with Gasteiger partial charge in [0.2, 0.25) is 5.91 Å². The number of fused-ring (bicyclic) bond motifs is 1.